The topological polar surface area (TPSA) is 75.9 Å². The maximum atomic E-state index is 12.4. The van der Waals surface area contributed by atoms with Crippen molar-refractivity contribution in [3.8, 4) is 0 Å². The van der Waals surface area contributed by atoms with Gasteiger partial charge in [0.25, 0.3) is 0 Å². The summed E-state index contributed by atoms with van der Waals surface area (Å²) in [5.74, 6) is 0.748. The number of hydrogen-bond acceptors (Lipinski definition) is 4. The first-order chi connectivity index (χ1) is 10.6. The zero-order valence-corrected chi connectivity index (χ0v) is 14.9. The standard InChI is InChI=1S/C16H29N3O3.ClH/c1-22-12-14(17)16(21)19-8-4-7-18(9-10-19)15(20)11-13-5-2-3-6-13;/h13-14H,2-12,17H2,1H3;1H. The molecule has 6 nitrogen and oxygen atoms in total. The SMILES string of the molecule is COCC(N)C(=O)N1CCCN(C(=O)CC2CCCC2)CC1.Cl. The number of nitrogens with zero attached hydrogens (tertiary/aromatic N) is 2. The lowest BCUT2D eigenvalue weighted by Gasteiger charge is -2.25. The minimum atomic E-state index is -0.606. The van der Waals surface area contributed by atoms with Crippen molar-refractivity contribution in [2.75, 3.05) is 39.9 Å². The molecule has 1 aliphatic heterocycles. The third-order valence-electron chi connectivity index (χ3n) is 4.76. The van der Waals surface area contributed by atoms with Crippen molar-refractivity contribution in [3.05, 3.63) is 0 Å². The summed E-state index contributed by atoms with van der Waals surface area (Å²) in [6.07, 6.45) is 6.40. The summed E-state index contributed by atoms with van der Waals surface area (Å²) in [4.78, 5) is 28.3. The largest absolute Gasteiger partial charge is 0.383 e. The highest BCUT2D eigenvalue weighted by Gasteiger charge is 2.27. The number of rotatable bonds is 5. The van der Waals surface area contributed by atoms with Gasteiger partial charge < -0.3 is 20.3 Å². The van der Waals surface area contributed by atoms with Gasteiger partial charge in [0.05, 0.1) is 6.61 Å². The van der Waals surface area contributed by atoms with Gasteiger partial charge in [-0.3, -0.25) is 9.59 Å². The van der Waals surface area contributed by atoms with E-state index in [1.54, 1.807) is 12.0 Å². The molecule has 0 aromatic heterocycles. The molecule has 2 N–H and O–H groups in total. The number of amides is 2. The summed E-state index contributed by atoms with van der Waals surface area (Å²) in [6, 6.07) is -0.606. The molecule has 23 heavy (non-hydrogen) atoms. The Kier molecular flexibility index (Phi) is 8.87. The molecule has 2 aliphatic rings. The Bertz CT molecular complexity index is 389. The molecule has 1 saturated carbocycles. The zero-order valence-electron chi connectivity index (χ0n) is 14.0. The number of hydrogen-bond donors (Lipinski definition) is 1. The average molecular weight is 348 g/mol. The summed E-state index contributed by atoms with van der Waals surface area (Å²) in [6.45, 7) is 2.85. The fraction of sp³-hybridized carbons (Fsp3) is 0.875. The lowest BCUT2D eigenvalue weighted by Crippen LogP contribution is -2.47. The Labute approximate surface area is 145 Å². The predicted molar refractivity (Wildman–Crippen MR) is 91.5 cm³/mol. The van der Waals surface area contributed by atoms with E-state index in [1.807, 2.05) is 4.90 Å². The lowest BCUT2D eigenvalue weighted by atomic mass is 10.0. The zero-order chi connectivity index (χ0) is 15.9. The Hall–Kier alpha value is -0.850. The number of ether oxygens (including phenoxy) is 1. The van der Waals surface area contributed by atoms with Gasteiger partial charge in [-0.1, -0.05) is 12.8 Å². The second-order valence-electron chi connectivity index (χ2n) is 6.48. The molecular formula is C16H30ClN3O3. The summed E-state index contributed by atoms with van der Waals surface area (Å²) in [7, 11) is 1.54. The molecule has 1 unspecified atom stereocenters. The van der Waals surface area contributed by atoms with Crippen molar-refractivity contribution < 1.29 is 14.3 Å². The van der Waals surface area contributed by atoms with Crippen LogP contribution >= 0.6 is 12.4 Å². The van der Waals surface area contributed by atoms with Gasteiger partial charge in [-0.15, -0.1) is 12.4 Å². The van der Waals surface area contributed by atoms with Crippen LogP contribution in [0.1, 0.15) is 38.5 Å². The molecule has 7 heteroatoms. The van der Waals surface area contributed by atoms with E-state index < -0.39 is 6.04 Å². The molecule has 1 heterocycles. The summed E-state index contributed by atoms with van der Waals surface area (Å²) in [5, 5.41) is 0. The third kappa shape index (κ3) is 5.94. The van der Waals surface area contributed by atoms with Crippen LogP contribution in [-0.2, 0) is 14.3 Å². The van der Waals surface area contributed by atoms with Gasteiger partial charge in [0, 0.05) is 39.7 Å². The molecule has 0 aromatic carbocycles. The summed E-state index contributed by atoms with van der Waals surface area (Å²) >= 11 is 0. The quantitative estimate of drug-likeness (QED) is 0.805. The van der Waals surface area contributed by atoms with Gasteiger partial charge in [-0.05, 0) is 25.2 Å². The van der Waals surface area contributed by atoms with Crippen molar-refractivity contribution >= 4 is 24.2 Å². The molecule has 0 spiro atoms. The van der Waals surface area contributed by atoms with Crippen LogP contribution in [0, 0.1) is 5.92 Å². The molecule has 0 radical (unpaired) electrons. The maximum absolute atomic E-state index is 12.4. The normalized spacial score (nSPS) is 20.8. The summed E-state index contributed by atoms with van der Waals surface area (Å²) < 4.78 is 4.94. The Morgan fingerprint density at radius 2 is 1.70 bits per heavy atom. The smallest absolute Gasteiger partial charge is 0.241 e. The fourth-order valence-corrected chi connectivity index (χ4v) is 3.46. The van der Waals surface area contributed by atoms with Crippen molar-refractivity contribution in [1.82, 2.24) is 9.80 Å². The molecular weight excluding hydrogens is 318 g/mol. The van der Waals surface area contributed by atoms with Crippen LogP contribution in [0.25, 0.3) is 0 Å². The minimum absolute atomic E-state index is 0. The van der Waals surface area contributed by atoms with E-state index >= 15 is 0 Å². The minimum Gasteiger partial charge on any atom is -0.383 e. The average Bonchev–Trinajstić information content (AvgIpc) is 2.88. The van der Waals surface area contributed by atoms with Gasteiger partial charge in [0.2, 0.25) is 11.8 Å². The van der Waals surface area contributed by atoms with Crippen LogP contribution < -0.4 is 5.73 Å². The predicted octanol–water partition coefficient (Wildman–Crippen LogP) is 1.02. The highest BCUT2D eigenvalue weighted by molar-refractivity contribution is 5.85. The fourth-order valence-electron chi connectivity index (χ4n) is 3.46. The number of carbonyl (C=O) groups excluding carboxylic acids is 2. The molecule has 1 aliphatic carbocycles. The lowest BCUT2D eigenvalue weighted by molar-refractivity contribution is -0.135. The van der Waals surface area contributed by atoms with E-state index in [2.05, 4.69) is 0 Å². The first-order valence-electron chi connectivity index (χ1n) is 8.43. The van der Waals surface area contributed by atoms with Gasteiger partial charge in [-0.2, -0.15) is 0 Å². The van der Waals surface area contributed by atoms with E-state index in [1.165, 1.54) is 25.7 Å². The van der Waals surface area contributed by atoms with Gasteiger partial charge in [0.15, 0.2) is 0 Å². The highest BCUT2D eigenvalue weighted by Crippen LogP contribution is 2.28. The van der Waals surface area contributed by atoms with E-state index in [0.29, 0.717) is 32.0 Å². The molecule has 0 bridgehead atoms. The second-order valence-corrected chi connectivity index (χ2v) is 6.48. The van der Waals surface area contributed by atoms with Crippen molar-refractivity contribution in [2.45, 2.75) is 44.6 Å². The van der Waals surface area contributed by atoms with Crippen LogP contribution in [-0.4, -0.2) is 67.6 Å². The molecule has 134 valence electrons. The van der Waals surface area contributed by atoms with Crippen molar-refractivity contribution in [1.29, 1.82) is 0 Å². The van der Waals surface area contributed by atoms with Crippen LogP contribution in [0.3, 0.4) is 0 Å². The number of halogens is 1. The Morgan fingerprint density at radius 3 is 2.35 bits per heavy atom. The number of nitrogens with two attached hydrogens (primary N) is 1. The van der Waals surface area contributed by atoms with Crippen LogP contribution in [0.2, 0.25) is 0 Å². The molecule has 2 rings (SSSR count). The van der Waals surface area contributed by atoms with Crippen LogP contribution in [0.4, 0.5) is 0 Å². The maximum Gasteiger partial charge on any atom is 0.241 e. The van der Waals surface area contributed by atoms with E-state index in [9.17, 15) is 9.59 Å². The van der Waals surface area contributed by atoms with Crippen molar-refractivity contribution in [2.24, 2.45) is 11.7 Å². The van der Waals surface area contributed by atoms with E-state index in [0.717, 1.165) is 13.0 Å². The Morgan fingerprint density at radius 1 is 1.09 bits per heavy atom. The van der Waals surface area contributed by atoms with Gasteiger partial charge in [0.1, 0.15) is 6.04 Å². The molecule has 1 atom stereocenters. The first kappa shape index (κ1) is 20.2. The molecule has 1 saturated heterocycles. The third-order valence-corrected chi connectivity index (χ3v) is 4.76. The molecule has 0 aromatic rings. The summed E-state index contributed by atoms with van der Waals surface area (Å²) in [5.41, 5.74) is 5.82. The molecule has 2 fully saturated rings. The van der Waals surface area contributed by atoms with E-state index in [-0.39, 0.29) is 30.8 Å². The van der Waals surface area contributed by atoms with Gasteiger partial charge >= 0.3 is 0 Å². The number of methoxy groups -OCH3 is 1. The molecule has 2 amide bonds. The van der Waals surface area contributed by atoms with E-state index in [4.69, 9.17) is 10.5 Å². The monoisotopic (exact) mass is 347 g/mol. The van der Waals surface area contributed by atoms with Crippen LogP contribution in [0.15, 0.2) is 0 Å². The number of carbonyl (C=O) groups is 2. The van der Waals surface area contributed by atoms with Gasteiger partial charge in [-0.25, -0.2) is 0 Å². The second kappa shape index (κ2) is 10.1. The van der Waals surface area contributed by atoms with Crippen molar-refractivity contribution in [3.63, 3.8) is 0 Å². The van der Waals surface area contributed by atoms with Crippen LogP contribution in [0.5, 0.6) is 0 Å². The first-order valence-corrected chi connectivity index (χ1v) is 8.43. The Balaban J connectivity index is 0.00000264. The highest BCUT2D eigenvalue weighted by atomic mass is 35.5.